The lowest BCUT2D eigenvalue weighted by molar-refractivity contribution is 0.0995. The van der Waals surface area contributed by atoms with Crippen molar-refractivity contribution in [1.82, 2.24) is 4.98 Å². The lowest BCUT2D eigenvalue weighted by Gasteiger charge is -1.97. The van der Waals surface area contributed by atoms with Crippen molar-refractivity contribution >= 4 is 50.0 Å². The van der Waals surface area contributed by atoms with Gasteiger partial charge in [-0.1, -0.05) is 39.7 Å². The Labute approximate surface area is 138 Å². The molecule has 22 heavy (non-hydrogen) atoms. The Morgan fingerprint density at radius 3 is 2.77 bits per heavy atom. The molecule has 3 aromatic rings. The summed E-state index contributed by atoms with van der Waals surface area (Å²) in [5.74, 6) is -0.724. The van der Waals surface area contributed by atoms with Crippen LogP contribution in [0.25, 0.3) is 10.9 Å². The molecule has 0 radical (unpaired) electrons. The summed E-state index contributed by atoms with van der Waals surface area (Å²) in [4.78, 5) is 14.8. The zero-order valence-electron chi connectivity index (χ0n) is 11.0. The summed E-state index contributed by atoms with van der Waals surface area (Å²) in [6, 6.07) is 12.0. The number of amides is 1. The van der Waals surface area contributed by atoms with E-state index in [0.717, 1.165) is 4.47 Å². The van der Waals surface area contributed by atoms with Gasteiger partial charge in [-0.2, -0.15) is 0 Å². The van der Waals surface area contributed by atoms with E-state index in [1.54, 1.807) is 36.4 Å². The highest BCUT2D eigenvalue weighted by Gasteiger charge is 2.13. The van der Waals surface area contributed by atoms with Gasteiger partial charge in [0.25, 0.3) is 5.91 Å². The fraction of sp³-hybridized carbons (Fsp3) is 0. The third-order valence-electron chi connectivity index (χ3n) is 3.06. The molecule has 3 rings (SSSR count). The zero-order valence-corrected chi connectivity index (χ0v) is 13.4. The van der Waals surface area contributed by atoms with Crippen molar-refractivity contribution in [2.45, 2.75) is 0 Å². The molecule has 0 aliphatic rings. The largest absolute Gasteiger partial charge is 0.493 e. The molecular weight excluding hydrogens is 370 g/mol. The molecule has 0 bridgehead atoms. The predicted octanol–water partition coefficient (Wildman–Crippen LogP) is 5.21. The van der Waals surface area contributed by atoms with Crippen LogP contribution >= 0.6 is 27.5 Å². The monoisotopic (exact) mass is 377 g/mol. The molecule has 0 aliphatic carbocycles. The molecule has 2 aromatic carbocycles. The number of carbonyl (C=O) groups excluding carboxylic acids is 1. The van der Waals surface area contributed by atoms with Gasteiger partial charge in [0, 0.05) is 9.86 Å². The molecule has 0 atom stereocenters. The summed E-state index contributed by atoms with van der Waals surface area (Å²) in [6.45, 7) is 0. The Balaban J connectivity index is 1.99. The maximum atomic E-state index is 12.0. The molecule has 1 heterocycles. The first-order chi connectivity index (χ1) is 10.6. The van der Waals surface area contributed by atoms with Crippen LogP contribution in [0.1, 0.15) is 10.4 Å². The molecule has 0 fully saturated rings. The van der Waals surface area contributed by atoms with E-state index in [2.05, 4.69) is 31.1 Å². The van der Waals surface area contributed by atoms with Gasteiger partial charge in [-0.3, -0.25) is 4.79 Å². The number of H-pyrrole nitrogens is 1. The van der Waals surface area contributed by atoms with Gasteiger partial charge in [0.1, 0.15) is 0 Å². The van der Waals surface area contributed by atoms with Gasteiger partial charge >= 0.3 is 0 Å². The number of hydrogen-bond donors (Lipinski definition) is 2. The van der Waals surface area contributed by atoms with Crippen molar-refractivity contribution in [2.24, 2.45) is 10.2 Å². The lowest BCUT2D eigenvalue weighted by Crippen LogP contribution is -1.94. The third kappa shape index (κ3) is 2.75. The van der Waals surface area contributed by atoms with Crippen molar-refractivity contribution in [3.63, 3.8) is 0 Å². The molecule has 0 unspecified atom stereocenters. The smallest absolute Gasteiger partial charge is 0.296 e. The number of aromatic hydroxyl groups is 1. The van der Waals surface area contributed by atoms with Crippen LogP contribution in [0.2, 0.25) is 5.02 Å². The van der Waals surface area contributed by atoms with E-state index in [0.29, 0.717) is 15.9 Å². The maximum Gasteiger partial charge on any atom is 0.296 e. The first-order valence-corrected chi connectivity index (χ1v) is 7.44. The van der Waals surface area contributed by atoms with Crippen LogP contribution in [0.3, 0.4) is 0 Å². The summed E-state index contributed by atoms with van der Waals surface area (Å²) in [5.41, 5.74) is 1.16. The second-order valence-corrected chi connectivity index (χ2v) is 5.82. The average Bonchev–Trinajstić information content (AvgIpc) is 2.80. The summed E-state index contributed by atoms with van der Waals surface area (Å²) < 4.78 is 0.827. The topological polar surface area (TPSA) is 77.8 Å². The van der Waals surface area contributed by atoms with Gasteiger partial charge in [0.15, 0.2) is 5.69 Å². The fourth-order valence-electron chi connectivity index (χ4n) is 2.02. The van der Waals surface area contributed by atoms with E-state index in [1.807, 2.05) is 6.07 Å². The lowest BCUT2D eigenvalue weighted by atomic mass is 10.2. The van der Waals surface area contributed by atoms with Crippen molar-refractivity contribution < 1.29 is 9.90 Å². The molecule has 0 saturated carbocycles. The van der Waals surface area contributed by atoms with Crippen LogP contribution in [0.15, 0.2) is 57.2 Å². The molecule has 0 saturated heterocycles. The Morgan fingerprint density at radius 2 is 2.00 bits per heavy atom. The highest BCUT2D eigenvalue weighted by molar-refractivity contribution is 9.10. The summed E-state index contributed by atoms with van der Waals surface area (Å²) in [6.07, 6.45) is 0. The third-order valence-corrected chi connectivity index (χ3v) is 3.88. The molecule has 1 amide bonds. The summed E-state index contributed by atoms with van der Waals surface area (Å²) in [5, 5.41) is 18.4. The van der Waals surface area contributed by atoms with E-state index < -0.39 is 5.91 Å². The molecule has 0 spiro atoms. The predicted molar refractivity (Wildman–Crippen MR) is 88.0 cm³/mol. The molecule has 0 aliphatic heterocycles. The van der Waals surface area contributed by atoms with Crippen molar-refractivity contribution in [3.8, 4) is 5.88 Å². The van der Waals surface area contributed by atoms with Crippen molar-refractivity contribution in [1.29, 1.82) is 0 Å². The molecule has 1 aromatic heterocycles. The minimum absolute atomic E-state index is 0.149. The number of nitrogens with one attached hydrogen (secondary N) is 1. The van der Waals surface area contributed by atoms with Crippen LogP contribution in [0.5, 0.6) is 5.88 Å². The van der Waals surface area contributed by atoms with Crippen LogP contribution in [0.4, 0.5) is 5.69 Å². The molecule has 5 nitrogen and oxygen atoms in total. The number of azo groups is 1. The number of benzene rings is 2. The normalized spacial score (nSPS) is 11.4. The molecule has 110 valence electrons. The molecular formula is C15H9BrClN3O2. The number of fused-ring (bicyclic) bond motifs is 1. The van der Waals surface area contributed by atoms with Crippen LogP contribution < -0.4 is 0 Å². The quantitative estimate of drug-likeness (QED) is 0.600. The Kier molecular flexibility index (Phi) is 3.96. The number of aromatic nitrogens is 1. The standard InChI is InChI=1S/C15H9BrClN3O2/c16-8-5-6-12-10(7-8)13(15(22)18-12)19-20-14(21)9-3-1-2-4-11(9)17/h1-7,18,22H. The van der Waals surface area contributed by atoms with Crippen LogP contribution in [-0.2, 0) is 0 Å². The molecule has 2 N–H and O–H groups in total. The molecule has 7 heteroatoms. The second kappa shape index (κ2) is 5.90. The first kappa shape index (κ1) is 14.7. The average molecular weight is 379 g/mol. The highest BCUT2D eigenvalue weighted by atomic mass is 79.9. The number of aromatic amines is 1. The zero-order chi connectivity index (χ0) is 15.7. The highest BCUT2D eigenvalue weighted by Crippen LogP contribution is 2.37. The van der Waals surface area contributed by atoms with E-state index in [1.165, 1.54) is 0 Å². The minimum Gasteiger partial charge on any atom is -0.493 e. The summed E-state index contributed by atoms with van der Waals surface area (Å²) in [7, 11) is 0. The van der Waals surface area contributed by atoms with Gasteiger partial charge in [0.2, 0.25) is 5.88 Å². The number of nitrogens with zero attached hydrogens (tertiary/aromatic N) is 2. The number of halogens is 2. The van der Waals surface area contributed by atoms with Crippen LogP contribution in [-0.4, -0.2) is 16.0 Å². The van der Waals surface area contributed by atoms with E-state index >= 15 is 0 Å². The van der Waals surface area contributed by atoms with E-state index in [-0.39, 0.29) is 17.1 Å². The Morgan fingerprint density at radius 1 is 1.23 bits per heavy atom. The Hall–Kier alpha value is -2.18. The SMILES string of the molecule is O=C(N=Nc1c(O)[nH]c2ccc(Br)cc12)c1ccccc1Cl. The van der Waals surface area contributed by atoms with Gasteiger partial charge in [-0.15, -0.1) is 10.2 Å². The van der Waals surface area contributed by atoms with Gasteiger partial charge < -0.3 is 10.1 Å². The van der Waals surface area contributed by atoms with E-state index in [9.17, 15) is 9.90 Å². The van der Waals surface area contributed by atoms with Crippen molar-refractivity contribution in [3.05, 3.63) is 57.5 Å². The number of carbonyl (C=O) groups is 1. The number of hydrogen-bond acceptors (Lipinski definition) is 3. The Bertz CT molecular complexity index is 905. The van der Waals surface area contributed by atoms with Gasteiger partial charge in [-0.25, -0.2) is 0 Å². The number of rotatable bonds is 2. The van der Waals surface area contributed by atoms with Gasteiger partial charge in [0.05, 0.1) is 16.1 Å². The maximum absolute atomic E-state index is 12.0. The second-order valence-electron chi connectivity index (χ2n) is 4.50. The fourth-order valence-corrected chi connectivity index (χ4v) is 2.60. The van der Waals surface area contributed by atoms with Crippen LogP contribution in [0, 0.1) is 0 Å². The minimum atomic E-state index is -0.575. The van der Waals surface area contributed by atoms with E-state index in [4.69, 9.17) is 11.6 Å². The first-order valence-electron chi connectivity index (χ1n) is 6.27. The van der Waals surface area contributed by atoms with Gasteiger partial charge in [-0.05, 0) is 30.3 Å². The summed E-state index contributed by atoms with van der Waals surface area (Å²) >= 11 is 9.29. The van der Waals surface area contributed by atoms with Crippen molar-refractivity contribution in [2.75, 3.05) is 0 Å².